The van der Waals surface area contributed by atoms with Crippen molar-refractivity contribution in [2.45, 2.75) is 26.7 Å². The van der Waals surface area contributed by atoms with Crippen LogP contribution in [0, 0.1) is 13.8 Å². The van der Waals surface area contributed by atoms with Crippen molar-refractivity contribution in [3.05, 3.63) is 22.2 Å². The van der Waals surface area contributed by atoms with Crippen LogP contribution < -0.4 is 0 Å². The molecule has 14 heavy (non-hydrogen) atoms. The van der Waals surface area contributed by atoms with Gasteiger partial charge in [0.05, 0.1) is 0 Å². The molecule has 0 aliphatic rings. The minimum absolute atomic E-state index is 0.0486. The number of rotatable bonds is 3. The van der Waals surface area contributed by atoms with Gasteiger partial charge in [0.25, 0.3) is 0 Å². The Balaban J connectivity index is 2.91. The molecule has 76 valence electrons. The summed E-state index contributed by atoms with van der Waals surface area (Å²) in [7, 11) is 0. The van der Waals surface area contributed by atoms with Gasteiger partial charge in [-0.1, -0.05) is 11.6 Å². The van der Waals surface area contributed by atoms with E-state index in [0.717, 1.165) is 11.3 Å². The molecule has 0 bridgehead atoms. The van der Waals surface area contributed by atoms with Crippen molar-refractivity contribution < 1.29 is 9.90 Å². The fraction of sp³-hybridized carbons (Fsp3) is 0.444. The van der Waals surface area contributed by atoms with Gasteiger partial charge in [0.1, 0.15) is 11.0 Å². The van der Waals surface area contributed by atoms with Crippen LogP contribution in [0.15, 0.2) is 0 Å². The van der Waals surface area contributed by atoms with Crippen LogP contribution in [0.1, 0.15) is 23.5 Å². The van der Waals surface area contributed by atoms with Crippen molar-refractivity contribution in [3.63, 3.8) is 0 Å². The summed E-state index contributed by atoms with van der Waals surface area (Å²) in [6.45, 7) is 3.55. The number of carbonyl (C=O) groups is 1. The predicted octanol–water partition coefficient (Wildman–Crippen LogP) is 1.76. The summed E-state index contributed by atoms with van der Waals surface area (Å²) in [5.41, 5.74) is 1.48. The third-order valence-corrected chi connectivity index (χ3v) is 2.18. The fourth-order valence-electron chi connectivity index (χ4n) is 1.21. The zero-order chi connectivity index (χ0) is 10.7. The van der Waals surface area contributed by atoms with Crippen molar-refractivity contribution in [2.75, 3.05) is 0 Å². The number of hydrogen-bond donors (Lipinski definition) is 1. The summed E-state index contributed by atoms with van der Waals surface area (Å²) in [4.78, 5) is 18.5. The molecular weight excluding hydrogens is 204 g/mol. The molecule has 0 aliphatic carbocycles. The molecule has 1 N–H and O–H groups in total. The van der Waals surface area contributed by atoms with E-state index in [1.807, 2.05) is 0 Å². The molecule has 0 amide bonds. The van der Waals surface area contributed by atoms with Crippen molar-refractivity contribution in [1.29, 1.82) is 0 Å². The lowest BCUT2D eigenvalue weighted by Crippen LogP contribution is -2.03. The Bertz CT molecular complexity index is 343. The highest BCUT2D eigenvalue weighted by Gasteiger charge is 2.09. The molecule has 0 saturated heterocycles. The van der Waals surface area contributed by atoms with Crippen LogP contribution in [0.3, 0.4) is 0 Å². The third kappa shape index (κ3) is 2.67. The number of aryl methyl sites for hydroxylation is 2. The van der Waals surface area contributed by atoms with E-state index >= 15 is 0 Å². The first-order valence-corrected chi connectivity index (χ1v) is 4.60. The number of hydrogen-bond acceptors (Lipinski definition) is 3. The quantitative estimate of drug-likeness (QED) is 0.779. The topological polar surface area (TPSA) is 63.1 Å². The maximum atomic E-state index is 10.4. The first-order chi connectivity index (χ1) is 6.50. The normalized spacial score (nSPS) is 10.2. The molecule has 4 nitrogen and oxygen atoms in total. The lowest BCUT2D eigenvalue weighted by molar-refractivity contribution is -0.136. The third-order valence-electron chi connectivity index (χ3n) is 1.86. The Morgan fingerprint density at radius 1 is 1.43 bits per heavy atom. The van der Waals surface area contributed by atoms with E-state index < -0.39 is 5.97 Å². The second-order valence-corrected chi connectivity index (χ2v) is 3.38. The second-order valence-electron chi connectivity index (χ2n) is 3.02. The average Bonchev–Trinajstić information content (AvgIpc) is 2.01. The smallest absolute Gasteiger partial charge is 0.303 e. The van der Waals surface area contributed by atoms with E-state index in [-0.39, 0.29) is 6.42 Å². The molecule has 0 unspecified atom stereocenters. The van der Waals surface area contributed by atoms with Crippen LogP contribution in [0.25, 0.3) is 0 Å². The maximum absolute atomic E-state index is 10.4. The molecule has 0 radical (unpaired) electrons. The molecule has 0 aliphatic heterocycles. The molecular formula is C9H11ClN2O2. The summed E-state index contributed by atoms with van der Waals surface area (Å²) in [5, 5.41) is 8.88. The van der Waals surface area contributed by atoms with E-state index in [2.05, 4.69) is 9.97 Å². The Labute approximate surface area is 87.0 Å². The highest BCUT2D eigenvalue weighted by molar-refractivity contribution is 6.30. The lowest BCUT2D eigenvalue weighted by atomic mass is 10.1. The monoisotopic (exact) mass is 214 g/mol. The molecule has 0 aromatic carbocycles. The molecule has 1 aromatic rings. The van der Waals surface area contributed by atoms with Crippen LogP contribution in [0.5, 0.6) is 0 Å². The summed E-state index contributed by atoms with van der Waals surface area (Å²) >= 11 is 5.87. The SMILES string of the molecule is Cc1nc(C)c(CCC(=O)O)c(Cl)n1. The molecule has 5 heteroatoms. The zero-order valence-corrected chi connectivity index (χ0v) is 8.80. The first-order valence-electron chi connectivity index (χ1n) is 4.22. The molecule has 0 spiro atoms. The average molecular weight is 215 g/mol. The number of carboxylic acid groups (broad SMARTS) is 1. The second kappa shape index (κ2) is 4.37. The van der Waals surface area contributed by atoms with Crippen molar-refractivity contribution >= 4 is 17.6 Å². The van der Waals surface area contributed by atoms with Gasteiger partial charge >= 0.3 is 5.97 Å². The van der Waals surface area contributed by atoms with Gasteiger partial charge in [-0.05, 0) is 20.3 Å². The van der Waals surface area contributed by atoms with E-state index in [1.54, 1.807) is 13.8 Å². The van der Waals surface area contributed by atoms with Crippen LogP contribution in [-0.2, 0) is 11.2 Å². The summed E-state index contributed by atoms with van der Waals surface area (Å²) in [6.07, 6.45) is 0.424. The highest BCUT2D eigenvalue weighted by Crippen LogP contribution is 2.17. The van der Waals surface area contributed by atoms with Gasteiger partial charge in [-0.25, -0.2) is 9.97 Å². The fourth-order valence-corrected chi connectivity index (χ4v) is 1.56. The predicted molar refractivity (Wildman–Crippen MR) is 52.5 cm³/mol. The van der Waals surface area contributed by atoms with Crippen LogP contribution >= 0.6 is 11.6 Å². The van der Waals surface area contributed by atoms with Crippen molar-refractivity contribution in [3.8, 4) is 0 Å². The van der Waals surface area contributed by atoms with Gasteiger partial charge in [0.15, 0.2) is 0 Å². The maximum Gasteiger partial charge on any atom is 0.303 e. The number of carboxylic acids is 1. The molecule has 0 fully saturated rings. The van der Waals surface area contributed by atoms with E-state index in [9.17, 15) is 4.79 Å². The van der Waals surface area contributed by atoms with Crippen molar-refractivity contribution in [2.24, 2.45) is 0 Å². The van der Waals surface area contributed by atoms with E-state index in [4.69, 9.17) is 16.7 Å². The van der Waals surface area contributed by atoms with E-state index in [1.165, 1.54) is 0 Å². The Morgan fingerprint density at radius 3 is 2.57 bits per heavy atom. The number of aliphatic carboxylic acids is 1. The largest absolute Gasteiger partial charge is 0.481 e. The van der Waals surface area contributed by atoms with Gasteiger partial charge in [-0.15, -0.1) is 0 Å². The van der Waals surface area contributed by atoms with Gasteiger partial charge in [-0.3, -0.25) is 4.79 Å². The van der Waals surface area contributed by atoms with Gasteiger partial charge in [0, 0.05) is 17.7 Å². The zero-order valence-electron chi connectivity index (χ0n) is 8.04. The Hall–Kier alpha value is -1.16. The minimum atomic E-state index is -0.846. The summed E-state index contributed by atoms with van der Waals surface area (Å²) in [6, 6.07) is 0. The number of halogens is 1. The van der Waals surface area contributed by atoms with Crippen LogP contribution in [0.2, 0.25) is 5.15 Å². The molecule has 1 rings (SSSR count). The van der Waals surface area contributed by atoms with Gasteiger partial charge < -0.3 is 5.11 Å². The molecule has 0 saturated carbocycles. The lowest BCUT2D eigenvalue weighted by Gasteiger charge is -2.06. The minimum Gasteiger partial charge on any atom is -0.481 e. The molecule has 0 atom stereocenters. The Kier molecular flexibility index (Phi) is 3.41. The first kappa shape index (κ1) is 10.9. The summed E-state index contributed by atoms with van der Waals surface area (Å²) in [5.74, 6) is -0.243. The van der Waals surface area contributed by atoms with Crippen LogP contribution in [-0.4, -0.2) is 21.0 Å². The van der Waals surface area contributed by atoms with Crippen molar-refractivity contribution in [1.82, 2.24) is 9.97 Å². The highest BCUT2D eigenvalue weighted by atomic mass is 35.5. The van der Waals surface area contributed by atoms with E-state index in [0.29, 0.717) is 17.4 Å². The van der Waals surface area contributed by atoms with Gasteiger partial charge in [0.2, 0.25) is 0 Å². The molecule has 1 aromatic heterocycles. The number of nitrogens with zero attached hydrogens (tertiary/aromatic N) is 2. The summed E-state index contributed by atoms with van der Waals surface area (Å²) < 4.78 is 0. The van der Waals surface area contributed by atoms with Crippen LogP contribution in [0.4, 0.5) is 0 Å². The number of aromatic nitrogens is 2. The molecule has 1 heterocycles. The van der Waals surface area contributed by atoms with Gasteiger partial charge in [-0.2, -0.15) is 0 Å². The standard InChI is InChI=1S/C9H11ClN2O2/c1-5-7(3-4-8(13)14)9(10)12-6(2)11-5/h3-4H2,1-2H3,(H,13,14). The Morgan fingerprint density at radius 2 is 2.07 bits per heavy atom.